The molecular formula is C18H17FO2. The summed E-state index contributed by atoms with van der Waals surface area (Å²) in [6.45, 7) is 2.42. The Kier molecular flexibility index (Phi) is 5.36. The lowest BCUT2D eigenvalue weighted by atomic mass is 10.1. The van der Waals surface area contributed by atoms with Crippen LogP contribution in [0.25, 0.3) is 0 Å². The van der Waals surface area contributed by atoms with Crippen LogP contribution in [0.3, 0.4) is 0 Å². The lowest BCUT2D eigenvalue weighted by molar-refractivity contribution is 0.303. The molecule has 0 aliphatic heterocycles. The van der Waals surface area contributed by atoms with Crippen LogP contribution in [-0.2, 0) is 6.61 Å². The molecule has 0 aliphatic carbocycles. The maximum atomic E-state index is 13.3. The molecule has 108 valence electrons. The molecule has 0 heterocycles. The van der Waals surface area contributed by atoms with Crippen LogP contribution in [0.2, 0.25) is 0 Å². The summed E-state index contributed by atoms with van der Waals surface area (Å²) in [6, 6.07) is 12.2. The zero-order valence-electron chi connectivity index (χ0n) is 11.9. The standard InChI is InChI=1S/C18H17FO2/c1-14-6-2-3-8-16(14)13-21-18-10-9-17(19)12-15(18)7-4-5-11-20/h2-3,6,8-10,12,20H,5,11,13H2,1H3. The Morgan fingerprint density at radius 2 is 2.00 bits per heavy atom. The molecule has 21 heavy (non-hydrogen) atoms. The summed E-state index contributed by atoms with van der Waals surface area (Å²) in [4.78, 5) is 0. The van der Waals surface area contributed by atoms with Gasteiger partial charge in [0, 0.05) is 6.42 Å². The van der Waals surface area contributed by atoms with Crippen molar-refractivity contribution in [2.24, 2.45) is 0 Å². The lowest BCUT2D eigenvalue weighted by Crippen LogP contribution is -1.99. The van der Waals surface area contributed by atoms with E-state index in [2.05, 4.69) is 11.8 Å². The van der Waals surface area contributed by atoms with Gasteiger partial charge in [0.1, 0.15) is 18.2 Å². The van der Waals surface area contributed by atoms with Crippen molar-refractivity contribution >= 4 is 0 Å². The summed E-state index contributed by atoms with van der Waals surface area (Å²) in [5.74, 6) is 5.80. The van der Waals surface area contributed by atoms with Crippen molar-refractivity contribution in [1.82, 2.24) is 0 Å². The molecule has 0 atom stereocenters. The minimum Gasteiger partial charge on any atom is -0.488 e. The zero-order valence-corrected chi connectivity index (χ0v) is 11.9. The van der Waals surface area contributed by atoms with Gasteiger partial charge in [0.05, 0.1) is 12.2 Å². The second-order valence-corrected chi connectivity index (χ2v) is 4.63. The number of aliphatic hydroxyl groups excluding tert-OH is 1. The summed E-state index contributed by atoms with van der Waals surface area (Å²) in [5, 5.41) is 8.74. The molecule has 0 spiro atoms. The van der Waals surface area contributed by atoms with Crippen molar-refractivity contribution in [2.45, 2.75) is 20.0 Å². The Labute approximate surface area is 124 Å². The van der Waals surface area contributed by atoms with Gasteiger partial charge in [-0.25, -0.2) is 4.39 Å². The normalized spacial score (nSPS) is 9.86. The number of rotatable bonds is 4. The van der Waals surface area contributed by atoms with Gasteiger partial charge >= 0.3 is 0 Å². The molecule has 0 aromatic heterocycles. The van der Waals surface area contributed by atoms with E-state index in [1.54, 1.807) is 6.07 Å². The smallest absolute Gasteiger partial charge is 0.135 e. The molecule has 2 aromatic rings. The average Bonchev–Trinajstić information content (AvgIpc) is 2.48. The first kappa shape index (κ1) is 15.1. The molecule has 2 rings (SSSR count). The van der Waals surface area contributed by atoms with Crippen LogP contribution in [0.1, 0.15) is 23.1 Å². The summed E-state index contributed by atoms with van der Waals surface area (Å²) in [7, 11) is 0. The van der Waals surface area contributed by atoms with Crippen molar-refractivity contribution in [1.29, 1.82) is 0 Å². The SMILES string of the molecule is Cc1ccccc1COc1ccc(F)cc1C#CCCO. The zero-order chi connectivity index (χ0) is 15.1. The average molecular weight is 284 g/mol. The fourth-order valence-corrected chi connectivity index (χ4v) is 1.87. The quantitative estimate of drug-likeness (QED) is 0.871. The summed E-state index contributed by atoms with van der Waals surface area (Å²) in [5.41, 5.74) is 2.72. The van der Waals surface area contributed by atoms with Crippen LogP contribution in [0.15, 0.2) is 42.5 Å². The highest BCUT2D eigenvalue weighted by Gasteiger charge is 2.05. The van der Waals surface area contributed by atoms with Gasteiger partial charge < -0.3 is 9.84 Å². The number of aryl methyl sites for hydroxylation is 1. The number of hydrogen-bond donors (Lipinski definition) is 1. The van der Waals surface area contributed by atoms with E-state index >= 15 is 0 Å². The van der Waals surface area contributed by atoms with E-state index in [1.807, 2.05) is 31.2 Å². The van der Waals surface area contributed by atoms with E-state index in [9.17, 15) is 4.39 Å². The fourth-order valence-electron chi connectivity index (χ4n) is 1.87. The molecule has 0 saturated heterocycles. The highest BCUT2D eigenvalue weighted by molar-refractivity contribution is 5.46. The Bertz CT molecular complexity index is 668. The molecule has 2 nitrogen and oxygen atoms in total. The second kappa shape index (κ2) is 7.47. The number of halogens is 1. The monoisotopic (exact) mass is 284 g/mol. The first-order valence-electron chi connectivity index (χ1n) is 6.77. The lowest BCUT2D eigenvalue weighted by Gasteiger charge is -2.10. The highest BCUT2D eigenvalue weighted by Crippen LogP contribution is 2.21. The van der Waals surface area contributed by atoms with Crippen molar-refractivity contribution in [3.63, 3.8) is 0 Å². The third kappa shape index (κ3) is 4.34. The molecule has 0 unspecified atom stereocenters. The first-order valence-corrected chi connectivity index (χ1v) is 6.77. The van der Waals surface area contributed by atoms with Gasteiger partial charge in [-0.15, -0.1) is 0 Å². The van der Waals surface area contributed by atoms with E-state index < -0.39 is 0 Å². The molecule has 0 fully saturated rings. The summed E-state index contributed by atoms with van der Waals surface area (Å²) < 4.78 is 19.1. The molecule has 0 amide bonds. The Morgan fingerprint density at radius 1 is 1.19 bits per heavy atom. The van der Waals surface area contributed by atoms with Crippen LogP contribution < -0.4 is 4.74 Å². The van der Waals surface area contributed by atoms with E-state index in [0.29, 0.717) is 24.3 Å². The molecule has 0 bridgehead atoms. The van der Waals surface area contributed by atoms with Crippen LogP contribution in [0.4, 0.5) is 4.39 Å². The molecule has 3 heteroatoms. The molecule has 1 N–H and O–H groups in total. The van der Waals surface area contributed by atoms with Gasteiger partial charge in [0.15, 0.2) is 0 Å². The van der Waals surface area contributed by atoms with Crippen LogP contribution in [-0.4, -0.2) is 11.7 Å². The van der Waals surface area contributed by atoms with E-state index in [0.717, 1.165) is 11.1 Å². The van der Waals surface area contributed by atoms with Crippen LogP contribution in [0, 0.1) is 24.6 Å². The van der Waals surface area contributed by atoms with Gasteiger partial charge in [-0.1, -0.05) is 36.1 Å². The van der Waals surface area contributed by atoms with Crippen LogP contribution >= 0.6 is 0 Å². The maximum absolute atomic E-state index is 13.3. The predicted molar refractivity (Wildman–Crippen MR) is 80.5 cm³/mol. The van der Waals surface area contributed by atoms with E-state index in [1.165, 1.54) is 12.1 Å². The third-order valence-electron chi connectivity index (χ3n) is 3.05. The van der Waals surface area contributed by atoms with E-state index in [4.69, 9.17) is 9.84 Å². The number of ether oxygens (including phenoxy) is 1. The minimum absolute atomic E-state index is 0.0122. The fraction of sp³-hybridized carbons (Fsp3) is 0.222. The molecule has 0 radical (unpaired) electrons. The van der Waals surface area contributed by atoms with Crippen molar-refractivity contribution in [3.05, 3.63) is 65.0 Å². The van der Waals surface area contributed by atoms with E-state index in [-0.39, 0.29) is 12.4 Å². The topological polar surface area (TPSA) is 29.5 Å². The molecule has 0 saturated carbocycles. The maximum Gasteiger partial charge on any atom is 0.135 e. The first-order chi connectivity index (χ1) is 10.2. The van der Waals surface area contributed by atoms with Gasteiger partial charge in [0.25, 0.3) is 0 Å². The van der Waals surface area contributed by atoms with Crippen molar-refractivity contribution < 1.29 is 14.2 Å². The van der Waals surface area contributed by atoms with Gasteiger partial charge in [-0.05, 0) is 36.2 Å². The van der Waals surface area contributed by atoms with Crippen LogP contribution in [0.5, 0.6) is 5.75 Å². The molecule has 0 aliphatic rings. The summed E-state index contributed by atoms with van der Waals surface area (Å²) in [6.07, 6.45) is 0.355. The largest absolute Gasteiger partial charge is 0.488 e. The van der Waals surface area contributed by atoms with Gasteiger partial charge in [-0.2, -0.15) is 0 Å². The summed E-state index contributed by atoms with van der Waals surface area (Å²) >= 11 is 0. The molecular weight excluding hydrogens is 267 g/mol. The third-order valence-corrected chi connectivity index (χ3v) is 3.05. The predicted octanol–water partition coefficient (Wildman–Crippen LogP) is 3.45. The number of aliphatic hydroxyl groups is 1. The number of benzene rings is 2. The second-order valence-electron chi connectivity index (χ2n) is 4.63. The van der Waals surface area contributed by atoms with Gasteiger partial charge in [-0.3, -0.25) is 0 Å². The number of hydrogen-bond acceptors (Lipinski definition) is 2. The Hall–Kier alpha value is -2.31. The minimum atomic E-state index is -0.355. The van der Waals surface area contributed by atoms with Crippen molar-refractivity contribution in [2.75, 3.05) is 6.61 Å². The molecule has 2 aromatic carbocycles. The van der Waals surface area contributed by atoms with Gasteiger partial charge in [0.2, 0.25) is 0 Å². The van der Waals surface area contributed by atoms with Crippen molar-refractivity contribution in [3.8, 4) is 17.6 Å². The Balaban J connectivity index is 2.16. The highest BCUT2D eigenvalue weighted by atomic mass is 19.1. The Morgan fingerprint density at radius 3 is 2.76 bits per heavy atom.